The van der Waals surface area contributed by atoms with Crippen molar-refractivity contribution in [3.05, 3.63) is 49.5 Å². The molecular weight excluding hydrogens is 409 g/mol. The maximum atomic E-state index is 12.6. The molecule has 1 aromatic heterocycles. The van der Waals surface area contributed by atoms with Crippen molar-refractivity contribution < 1.29 is 4.79 Å². The number of hydrogen-bond donors (Lipinski definition) is 0. The van der Waals surface area contributed by atoms with Gasteiger partial charge in [-0.15, -0.1) is 11.3 Å². The highest BCUT2D eigenvalue weighted by molar-refractivity contribution is 14.1. The number of hydrogen-bond acceptors (Lipinski definition) is 4. The molecule has 2 aromatic rings. The molecule has 2 heterocycles. The normalized spacial score (nSPS) is 16.0. The van der Waals surface area contributed by atoms with Crippen LogP contribution in [0.25, 0.3) is 0 Å². The quantitative estimate of drug-likeness (QED) is 0.707. The largest absolute Gasteiger partial charge is 0.336 e. The summed E-state index contributed by atoms with van der Waals surface area (Å²) in [5.74, 6) is 0.148. The SMILES string of the molecule is Cc1csc(CN2CCN(C(=O)c3ccccc3I)CC2)n1. The molecule has 0 spiro atoms. The average Bonchev–Trinajstić information content (AvgIpc) is 2.93. The highest BCUT2D eigenvalue weighted by Gasteiger charge is 2.23. The summed E-state index contributed by atoms with van der Waals surface area (Å²) in [6, 6.07) is 7.78. The van der Waals surface area contributed by atoms with E-state index in [9.17, 15) is 4.79 Å². The lowest BCUT2D eigenvalue weighted by Crippen LogP contribution is -2.48. The fourth-order valence-corrected chi connectivity index (χ4v) is 4.01. The Morgan fingerprint density at radius 3 is 2.64 bits per heavy atom. The maximum Gasteiger partial charge on any atom is 0.255 e. The number of thiazole rings is 1. The standard InChI is InChI=1S/C16H18IN3OS/c1-12-11-22-15(18-12)10-19-6-8-20(9-7-19)16(21)13-4-2-3-5-14(13)17/h2-5,11H,6-10H2,1H3. The second-order valence-electron chi connectivity index (χ2n) is 5.43. The predicted molar refractivity (Wildman–Crippen MR) is 97.2 cm³/mol. The van der Waals surface area contributed by atoms with Crippen LogP contribution in [0.3, 0.4) is 0 Å². The van der Waals surface area contributed by atoms with E-state index in [1.165, 1.54) is 0 Å². The minimum Gasteiger partial charge on any atom is -0.336 e. The summed E-state index contributed by atoms with van der Waals surface area (Å²) in [6.45, 7) is 6.31. The molecule has 0 bridgehead atoms. The first kappa shape index (κ1) is 15.9. The number of piperazine rings is 1. The van der Waals surface area contributed by atoms with Crippen molar-refractivity contribution in [2.75, 3.05) is 26.2 Å². The molecule has 0 atom stereocenters. The molecule has 0 aliphatic carbocycles. The van der Waals surface area contributed by atoms with Gasteiger partial charge in [-0.3, -0.25) is 9.69 Å². The molecule has 1 amide bonds. The van der Waals surface area contributed by atoms with Gasteiger partial charge in [0.2, 0.25) is 0 Å². The Bertz CT molecular complexity index is 665. The fraction of sp³-hybridized carbons (Fsp3) is 0.375. The van der Waals surface area contributed by atoms with E-state index in [1.807, 2.05) is 36.1 Å². The lowest BCUT2D eigenvalue weighted by atomic mass is 10.2. The van der Waals surface area contributed by atoms with E-state index in [2.05, 4.69) is 37.9 Å². The summed E-state index contributed by atoms with van der Waals surface area (Å²) in [5.41, 5.74) is 1.90. The van der Waals surface area contributed by atoms with Gasteiger partial charge in [0.05, 0.1) is 12.1 Å². The number of carbonyl (C=O) groups is 1. The molecule has 6 heteroatoms. The average molecular weight is 427 g/mol. The minimum absolute atomic E-state index is 0.148. The predicted octanol–water partition coefficient (Wildman–Crippen LogP) is 3.01. The van der Waals surface area contributed by atoms with Gasteiger partial charge in [-0.2, -0.15) is 0 Å². The van der Waals surface area contributed by atoms with Gasteiger partial charge >= 0.3 is 0 Å². The first-order valence-corrected chi connectivity index (χ1v) is 9.26. The molecule has 0 radical (unpaired) electrons. The molecule has 0 unspecified atom stereocenters. The number of benzene rings is 1. The molecule has 1 aliphatic rings. The van der Waals surface area contributed by atoms with Crippen LogP contribution in [0.2, 0.25) is 0 Å². The molecular formula is C16H18IN3OS. The number of rotatable bonds is 3. The zero-order valence-electron chi connectivity index (χ0n) is 12.5. The van der Waals surface area contributed by atoms with E-state index in [0.717, 1.165) is 52.6 Å². The number of nitrogens with zero attached hydrogens (tertiary/aromatic N) is 3. The maximum absolute atomic E-state index is 12.6. The summed E-state index contributed by atoms with van der Waals surface area (Å²) in [6.07, 6.45) is 0. The molecule has 1 aromatic carbocycles. The van der Waals surface area contributed by atoms with Gasteiger partial charge in [-0.1, -0.05) is 12.1 Å². The smallest absolute Gasteiger partial charge is 0.255 e. The first-order valence-electron chi connectivity index (χ1n) is 7.30. The lowest BCUT2D eigenvalue weighted by molar-refractivity contribution is 0.0627. The first-order chi connectivity index (χ1) is 10.6. The van der Waals surface area contributed by atoms with E-state index >= 15 is 0 Å². The Hall–Kier alpha value is -0.990. The summed E-state index contributed by atoms with van der Waals surface area (Å²) in [5, 5.41) is 3.25. The van der Waals surface area contributed by atoms with Gasteiger partial charge in [0, 0.05) is 40.8 Å². The van der Waals surface area contributed by atoms with Crippen molar-refractivity contribution >= 4 is 39.8 Å². The van der Waals surface area contributed by atoms with Gasteiger partial charge in [-0.05, 0) is 41.6 Å². The van der Waals surface area contributed by atoms with E-state index in [1.54, 1.807) is 11.3 Å². The van der Waals surface area contributed by atoms with Crippen LogP contribution in [0.15, 0.2) is 29.6 Å². The van der Waals surface area contributed by atoms with Crippen molar-refractivity contribution in [1.29, 1.82) is 0 Å². The van der Waals surface area contributed by atoms with Crippen LogP contribution in [-0.2, 0) is 6.54 Å². The highest BCUT2D eigenvalue weighted by atomic mass is 127. The topological polar surface area (TPSA) is 36.4 Å². The van der Waals surface area contributed by atoms with Crippen LogP contribution >= 0.6 is 33.9 Å². The number of aromatic nitrogens is 1. The lowest BCUT2D eigenvalue weighted by Gasteiger charge is -2.34. The molecule has 22 heavy (non-hydrogen) atoms. The van der Waals surface area contributed by atoms with Crippen LogP contribution in [0.1, 0.15) is 21.1 Å². The van der Waals surface area contributed by atoms with Gasteiger partial charge in [0.1, 0.15) is 5.01 Å². The highest BCUT2D eigenvalue weighted by Crippen LogP contribution is 2.17. The van der Waals surface area contributed by atoms with Crippen molar-refractivity contribution in [3.63, 3.8) is 0 Å². The molecule has 4 nitrogen and oxygen atoms in total. The molecule has 1 fully saturated rings. The molecule has 0 saturated carbocycles. The van der Waals surface area contributed by atoms with E-state index in [-0.39, 0.29) is 5.91 Å². The van der Waals surface area contributed by atoms with Gasteiger partial charge in [0.15, 0.2) is 0 Å². The van der Waals surface area contributed by atoms with Crippen molar-refractivity contribution in [2.24, 2.45) is 0 Å². The number of aryl methyl sites for hydroxylation is 1. The van der Waals surface area contributed by atoms with Crippen LogP contribution in [0.5, 0.6) is 0 Å². The summed E-state index contributed by atoms with van der Waals surface area (Å²) in [7, 11) is 0. The van der Waals surface area contributed by atoms with Crippen LogP contribution in [0, 0.1) is 10.5 Å². The van der Waals surface area contributed by atoms with E-state index < -0.39 is 0 Å². The third-order valence-electron chi connectivity index (χ3n) is 3.79. The second kappa shape index (κ2) is 7.06. The van der Waals surface area contributed by atoms with Gasteiger partial charge < -0.3 is 4.90 Å². The van der Waals surface area contributed by atoms with E-state index in [0.29, 0.717) is 0 Å². The van der Waals surface area contributed by atoms with Gasteiger partial charge in [-0.25, -0.2) is 4.98 Å². The third kappa shape index (κ3) is 3.67. The Balaban J connectivity index is 1.57. The number of carbonyl (C=O) groups excluding carboxylic acids is 1. The Kier molecular flexibility index (Phi) is 5.10. The number of amides is 1. The molecule has 116 valence electrons. The minimum atomic E-state index is 0.148. The monoisotopic (exact) mass is 427 g/mol. The van der Waals surface area contributed by atoms with Crippen molar-refractivity contribution in [3.8, 4) is 0 Å². The zero-order chi connectivity index (χ0) is 15.5. The Morgan fingerprint density at radius 1 is 1.27 bits per heavy atom. The van der Waals surface area contributed by atoms with Crippen molar-refractivity contribution in [2.45, 2.75) is 13.5 Å². The van der Waals surface area contributed by atoms with E-state index in [4.69, 9.17) is 0 Å². The summed E-state index contributed by atoms with van der Waals surface area (Å²) >= 11 is 3.94. The van der Waals surface area contributed by atoms with Gasteiger partial charge in [0.25, 0.3) is 5.91 Å². The fourth-order valence-electron chi connectivity index (χ4n) is 2.58. The molecule has 0 N–H and O–H groups in total. The van der Waals surface area contributed by atoms with Crippen LogP contribution < -0.4 is 0 Å². The Labute approximate surface area is 148 Å². The molecule has 3 rings (SSSR count). The van der Waals surface area contributed by atoms with Crippen LogP contribution in [-0.4, -0.2) is 46.9 Å². The molecule has 1 saturated heterocycles. The third-order valence-corrected chi connectivity index (χ3v) is 5.68. The number of halogens is 1. The van der Waals surface area contributed by atoms with Crippen LogP contribution in [0.4, 0.5) is 0 Å². The second-order valence-corrected chi connectivity index (χ2v) is 7.54. The van der Waals surface area contributed by atoms with Crippen molar-refractivity contribution in [1.82, 2.24) is 14.8 Å². The zero-order valence-corrected chi connectivity index (χ0v) is 15.4. The molecule has 1 aliphatic heterocycles. The summed E-state index contributed by atoms with van der Waals surface area (Å²) < 4.78 is 1.02. The summed E-state index contributed by atoms with van der Waals surface area (Å²) in [4.78, 5) is 21.4. The Morgan fingerprint density at radius 2 is 2.00 bits per heavy atom.